The third kappa shape index (κ3) is 2.96. The van der Waals surface area contributed by atoms with Crippen molar-refractivity contribution in [2.24, 2.45) is 10.1 Å². The van der Waals surface area contributed by atoms with Gasteiger partial charge in [0, 0.05) is 7.11 Å². The Kier molecular flexibility index (Phi) is 4.10. The number of methoxy groups -OCH3 is 1. The lowest BCUT2D eigenvalue weighted by Crippen LogP contribution is -2.37. The first kappa shape index (κ1) is 15.3. The lowest BCUT2D eigenvalue weighted by molar-refractivity contribution is -0.0230. The molecule has 3 rings (SSSR count). The first-order valence-corrected chi connectivity index (χ1v) is 9.01. The molecule has 7 heteroatoms. The summed E-state index contributed by atoms with van der Waals surface area (Å²) in [5, 5.41) is 0. The molecule has 1 aliphatic heterocycles. The van der Waals surface area contributed by atoms with Gasteiger partial charge < -0.3 is 15.2 Å². The van der Waals surface area contributed by atoms with Gasteiger partial charge in [-0.2, -0.15) is 0 Å². The largest absolute Gasteiger partial charge is 0.487 e. The van der Waals surface area contributed by atoms with Crippen molar-refractivity contribution in [3.8, 4) is 5.75 Å². The third-order valence-electron chi connectivity index (χ3n) is 4.17. The van der Waals surface area contributed by atoms with E-state index in [2.05, 4.69) is 4.40 Å². The van der Waals surface area contributed by atoms with E-state index in [9.17, 15) is 8.42 Å². The minimum Gasteiger partial charge on any atom is -0.487 e. The fraction of sp³-hybridized carbons (Fsp3) is 0.533. The number of rotatable bonds is 3. The molecule has 0 unspecified atom stereocenters. The summed E-state index contributed by atoms with van der Waals surface area (Å²) in [7, 11) is -1.84. The summed E-state index contributed by atoms with van der Waals surface area (Å²) in [6, 6.07) is 5.34. The van der Waals surface area contributed by atoms with Gasteiger partial charge in [0.25, 0.3) is 10.0 Å². The summed E-state index contributed by atoms with van der Waals surface area (Å²) in [6.07, 6.45) is 4.11. The fourth-order valence-electron chi connectivity index (χ4n) is 3.14. The van der Waals surface area contributed by atoms with Crippen molar-refractivity contribution in [1.29, 1.82) is 0 Å². The Morgan fingerprint density at radius 1 is 1.23 bits per heavy atom. The number of nitrogens with two attached hydrogens (primary N) is 1. The molecule has 0 radical (unpaired) electrons. The van der Waals surface area contributed by atoms with Crippen LogP contribution in [0.15, 0.2) is 22.6 Å². The summed E-state index contributed by atoms with van der Waals surface area (Å²) < 4.78 is 38.6. The molecule has 0 bridgehead atoms. The van der Waals surface area contributed by atoms with E-state index < -0.39 is 10.0 Å². The number of nitrogens with zero attached hydrogens (tertiary/aromatic N) is 1. The number of fused-ring (bicyclic) bond motifs is 1. The van der Waals surface area contributed by atoms with Gasteiger partial charge in [-0.25, -0.2) is 8.42 Å². The highest BCUT2D eigenvalue weighted by Crippen LogP contribution is 2.31. The Balaban J connectivity index is 1.93. The molecule has 1 aliphatic carbocycles. The summed E-state index contributed by atoms with van der Waals surface area (Å²) >= 11 is 0. The molecule has 6 nitrogen and oxygen atoms in total. The summed E-state index contributed by atoms with van der Waals surface area (Å²) in [5.74, 6) is 0.447. The second-order valence-electron chi connectivity index (χ2n) is 5.71. The molecule has 0 saturated heterocycles. The predicted octanol–water partition coefficient (Wildman–Crippen LogP) is 1.57. The number of hydrogen-bond acceptors (Lipinski definition) is 5. The van der Waals surface area contributed by atoms with Crippen molar-refractivity contribution in [1.82, 2.24) is 0 Å². The quantitative estimate of drug-likeness (QED) is 0.911. The zero-order valence-electron chi connectivity index (χ0n) is 12.5. The van der Waals surface area contributed by atoms with E-state index in [0.717, 1.165) is 25.7 Å². The minimum atomic E-state index is -3.53. The van der Waals surface area contributed by atoms with Gasteiger partial charge in [0.1, 0.15) is 17.7 Å². The molecule has 120 valence electrons. The van der Waals surface area contributed by atoms with Gasteiger partial charge in [-0.3, -0.25) is 0 Å². The second kappa shape index (κ2) is 5.89. The van der Waals surface area contributed by atoms with E-state index in [1.54, 1.807) is 25.3 Å². The maximum absolute atomic E-state index is 11.7. The van der Waals surface area contributed by atoms with Crippen molar-refractivity contribution < 1.29 is 17.9 Å². The Hall–Kier alpha value is -1.60. The molecular weight excluding hydrogens is 304 g/mol. The molecular formula is C15H20N2O4S. The van der Waals surface area contributed by atoms with Crippen molar-refractivity contribution in [3.63, 3.8) is 0 Å². The molecule has 2 N–H and O–H groups in total. The van der Waals surface area contributed by atoms with Crippen LogP contribution in [-0.2, 0) is 20.5 Å². The second-order valence-corrected chi connectivity index (χ2v) is 7.34. The lowest BCUT2D eigenvalue weighted by Gasteiger charge is -2.31. The number of hydrogen-bond donors (Lipinski definition) is 1. The van der Waals surface area contributed by atoms with Crippen LogP contribution in [0.2, 0.25) is 0 Å². The number of benzene rings is 1. The van der Waals surface area contributed by atoms with Crippen LogP contribution in [0.5, 0.6) is 5.75 Å². The fourth-order valence-corrected chi connectivity index (χ4v) is 4.23. The molecule has 1 aromatic rings. The monoisotopic (exact) mass is 324 g/mol. The Morgan fingerprint density at radius 2 is 1.95 bits per heavy atom. The zero-order valence-corrected chi connectivity index (χ0v) is 13.3. The average Bonchev–Trinajstić information content (AvgIpc) is 2.46. The van der Waals surface area contributed by atoms with Gasteiger partial charge in [0.15, 0.2) is 0 Å². The number of amidine groups is 1. The van der Waals surface area contributed by atoms with E-state index in [4.69, 9.17) is 15.2 Å². The molecule has 1 fully saturated rings. The normalized spacial score (nSPS) is 26.9. The topological polar surface area (TPSA) is 91.0 Å². The molecule has 0 amide bonds. The van der Waals surface area contributed by atoms with Crippen molar-refractivity contribution in [2.45, 2.75) is 43.6 Å². The highest BCUT2D eigenvalue weighted by molar-refractivity contribution is 7.89. The van der Waals surface area contributed by atoms with Gasteiger partial charge in [0.05, 0.1) is 17.4 Å². The first-order valence-electron chi connectivity index (χ1n) is 7.40. The van der Waals surface area contributed by atoms with E-state index in [1.165, 1.54) is 0 Å². The number of ether oxygens (including phenoxy) is 2. The first-order chi connectivity index (χ1) is 10.5. The van der Waals surface area contributed by atoms with Crippen molar-refractivity contribution in [3.05, 3.63) is 29.3 Å². The van der Waals surface area contributed by atoms with Crippen LogP contribution in [0, 0.1) is 0 Å². The smallest absolute Gasteiger partial charge is 0.259 e. The van der Waals surface area contributed by atoms with E-state index in [-0.39, 0.29) is 23.8 Å². The van der Waals surface area contributed by atoms with Gasteiger partial charge >= 0.3 is 0 Å². The van der Waals surface area contributed by atoms with E-state index in [1.807, 2.05) is 0 Å². The average molecular weight is 324 g/mol. The Morgan fingerprint density at radius 3 is 2.68 bits per heavy atom. The third-order valence-corrected chi connectivity index (χ3v) is 5.32. The standard InChI is InChI=1S/C15H20N2O4S/c1-20-11-6-2-3-7-12(11)21-13-8-4-5-10-9-22(18,19)17-15(16)14(10)13/h4-5,8,11-12H,2-3,6-7,9H2,1H3,(H2,16,17)/t11-,12-/m0/s1. The SMILES string of the molecule is CO[C@H]1CCCC[C@@H]1Oc1cccc2c1C(N)=NS(=O)(=O)C2. The lowest BCUT2D eigenvalue weighted by atomic mass is 9.94. The van der Waals surface area contributed by atoms with Gasteiger partial charge in [-0.1, -0.05) is 18.6 Å². The molecule has 0 aromatic heterocycles. The summed E-state index contributed by atoms with van der Waals surface area (Å²) in [6.45, 7) is 0. The Bertz CT molecular complexity index is 699. The highest BCUT2D eigenvalue weighted by atomic mass is 32.2. The summed E-state index contributed by atoms with van der Waals surface area (Å²) in [4.78, 5) is 0. The molecule has 1 heterocycles. The van der Waals surface area contributed by atoms with E-state index in [0.29, 0.717) is 16.9 Å². The van der Waals surface area contributed by atoms with Gasteiger partial charge in [0.2, 0.25) is 0 Å². The van der Waals surface area contributed by atoms with Crippen molar-refractivity contribution >= 4 is 15.9 Å². The molecule has 2 aliphatic rings. The van der Waals surface area contributed by atoms with Gasteiger partial charge in [-0.15, -0.1) is 4.40 Å². The molecule has 1 aromatic carbocycles. The van der Waals surface area contributed by atoms with E-state index >= 15 is 0 Å². The molecule has 2 atom stereocenters. The van der Waals surface area contributed by atoms with Crippen LogP contribution >= 0.6 is 0 Å². The maximum Gasteiger partial charge on any atom is 0.259 e. The predicted molar refractivity (Wildman–Crippen MR) is 83.5 cm³/mol. The minimum absolute atomic E-state index is 0.00151. The van der Waals surface area contributed by atoms with Crippen molar-refractivity contribution in [2.75, 3.05) is 7.11 Å². The highest BCUT2D eigenvalue weighted by Gasteiger charge is 2.30. The van der Waals surface area contributed by atoms with Gasteiger partial charge in [-0.05, 0) is 30.9 Å². The molecule has 0 spiro atoms. The van der Waals surface area contributed by atoms with Crippen LogP contribution in [0.4, 0.5) is 0 Å². The molecule has 1 saturated carbocycles. The zero-order chi connectivity index (χ0) is 15.7. The van der Waals surface area contributed by atoms with Crippen LogP contribution in [0.25, 0.3) is 0 Å². The maximum atomic E-state index is 11.7. The number of sulfonamides is 1. The van der Waals surface area contributed by atoms with Crippen LogP contribution in [0.1, 0.15) is 36.8 Å². The van der Waals surface area contributed by atoms with Crippen LogP contribution in [0.3, 0.4) is 0 Å². The molecule has 22 heavy (non-hydrogen) atoms. The summed E-state index contributed by atoms with van der Waals surface area (Å²) in [5.41, 5.74) is 7.08. The van der Waals surface area contributed by atoms with Crippen LogP contribution < -0.4 is 10.5 Å². The van der Waals surface area contributed by atoms with Crippen LogP contribution in [-0.4, -0.2) is 33.6 Å². The Labute approximate surface area is 130 Å².